The molecule has 5 atom stereocenters. The summed E-state index contributed by atoms with van der Waals surface area (Å²) in [6.07, 6.45) is -4.29. The van der Waals surface area contributed by atoms with Crippen LogP contribution in [-0.4, -0.2) is 74.6 Å². The van der Waals surface area contributed by atoms with Gasteiger partial charge in [0.25, 0.3) is 15.7 Å². The third-order valence-electron chi connectivity index (χ3n) is 3.96. The molecule has 1 aromatic heterocycles. The predicted molar refractivity (Wildman–Crippen MR) is 87.0 cm³/mol. The molecule has 2 heterocycles. The first-order valence-electron chi connectivity index (χ1n) is 7.23. The molecule has 2 rings (SSSR count). The number of hydrogen-bond acceptors (Lipinski definition) is 9. The van der Waals surface area contributed by atoms with Gasteiger partial charge in [-0.1, -0.05) is 0 Å². The number of aliphatic hydroxyl groups excluding tert-OH is 3. The fourth-order valence-electron chi connectivity index (χ4n) is 2.53. The first-order chi connectivity index (χ1) is 11.6. The van der Waals surface area contributed by atoms with E-state index in [1.807, 2.05) is 0 Å². The molecule has 1 aliphatic heterocycles. The Balaban J connectivity index is 2.42. The Morgan fingerprint density at radius 3 is 2.52 bits per heavy atom. The van der Waals surface area contributed by atoms with Crippen molar-refractivity contribution in [2.45, 2.75) is 36.2 Å². The van der Waals surface area contributed by atoms with E-state index in [0.29, 0.717) is 0 Å². The van der Waals surface area contributed by atoms with Crippen molar-refractivity contribution in [3.8, 4) is 0 Å². The van der Waals surface area contributed by atoms with Crippen LogP contribution in [0.25, 0.3) is 0 Å². The van der Waals surface area contributed by atoms with Gasteiger partial charge in [-0.25, -0.2) is 0 Å². The maximum absolute atomic E-state index is 12.0. The van der Waals surface area contributed by atoms with Gasteiger partial charge in [-0.05, 0) is 18.6 Å². The number of nitrogens with zero attached hydrogens (tertiary/aromatic N) is 1. The van der Waals surface area contributed by atoms with Crippen molar-refractivity contribution in [1.29, 1.82) is 0 Å². The Labute approximate surface area is 147 Å². The van der Waals surface area contributed by atoms with E-state index >= 15 is 0 Å². The zero-order valence-electron chi connectivity index (χ0n) is 12.8. The van der Waals surface area contributed by atoms with E-state index in [2.05, 4.69) is 4.98 Å². The molecule has 142 valence electrons. The van der Waals surface area contributed by atoms with E-state index in [4.69, 9.17) is 32.3 Å². The number of aromatic amines is 1. The minimum absolute atomic E-state index is 0.0700. The molecule has 13 heteroatoms. The van der Waals surface area contributed by atoms with Gasteiger partial charge in [-0.2, -0.15) is 8.42 Å². The van der Waals surface area contributed by atoms with E-state index < -0.39 is 65.0 Å². The Kier molecular flexibility index (Phi) is 6.11. The zero-order chi connectivity index (χ0) is 18.9. The highest BCUT2D eigenvalue weighted by atomic mass is 32.2. The molecule has 1 unspecified atom stereocenters. The van der Waals surface area contributed by atoms with Gasteiger partial charge in [-0.15, -0.1) is 0 Å². The molecule has 25 heavy (non-hydrogen) atoms. The van der Waals surface area contributed by atoms with Gasteiger partial charge in [0.05, 0.1) is 6.61 Å². The van der Waals surface area contributed by atoms with E-state index in [1.54, 1.807) is 0 Å². The second-order valence-electron chi connectivity index (χ2n) is 5.63. The number of rotatable bonds is 6. The van der Waals surface area contributed by atoms with Crippen LogP contribution in [0.15, 0.2) is 11.0 Å². The summed E-state index contributed by atoms with van der Waals surface area (Å²) in [5.74, 6) is 0. The number of H-pyrrole nitrogens is 1. The molecule has 7 N–H and O–H groups in total. The van der Waals surface area contributed by atoms with Gasteiger partial charge in [0, 0.05) is 18.3 Å². The quantitative estimate of drug-likeness (QED) is 0.217. The summed E-state index contributed by atoms with van der Waals surface area (Å²) in [5, 5.41) is 27.6. The van der Waals surface area contributed by atoms with Crippen LogP contribution in [0.5, 0.6) is 0 Å². The zero-order valence-corrected chi connectivity index (χ0v) is 14.5. The topological polar surface area (TPSA) is 188 Å². The van der Waals surface area contributed by atoms with Crippen molar-refractivity contribution < 1.29 is 33.0 Å². The molecule has 1 saturated heterocycles. The summed E-state index contributed by atoms with van der Waals surface area (Å²) >= 11 is 5.00. The van der Waals surface area contributed by atoms with Gasteiger partial charge >= 0.3 is 0 Å². The number of nitrogens with one attached hydrogen (secondary N) is 1. The summed E-state index contributed by atoms with van der Waals surface area (Å²) in [5.41, 5.74) is 4.56. The summed E-state index contributed by atoms with van der Waals surface area (Å²) in [6, 6.07) is 0. The second kappa shape index (κ2) is 7.59. The fourth-order valence-corrected chi connectivity index (χ4v) is 3.41. The lowest BCUT2D eigenvalue weighted by molar-refractivity contribution is -0.0542. The molecule has 1 fully saturated rings. The lowest BCUT2D eigenvalue weighted by atomic mass is 10.1. The van der Waals surface area contributed by atoms with Crippen molar-refractivity contribution in [3.63, 3.8) is 0 Å². The Morgan fingerprint density at radius 1 is 1.40 bits per heavy atom. The minimum atomic E-state index is -4.47. The van der Waals surface area contributed by atoms with Crippen molar-refractivity contribution in [3.05, 3.63) is 26.9 Å². The Bertz CT molecular complexity index is 835. The number of aliphatic hydroxyl groups is 3. The van der Waals surface area contributed by atoms with E-state index in [1.165, 1.54) is 0 Å². The minimum Gasteiger partial charge on any atom is -0.394 e. The molecule has 1 aromatic rings. The first kappa shape index (κ1) is 20.1. The average Bonchev–Trinajstić information content (AvgIpc) is 2.81. The molecule has 1 aliphatic rings. The van der Waals surface area contributed by atoms with Crippen LogP contribution >= 0.6 is 12.2 Å². The largest absolute Gasteiger partial charge is 0.394 e. The lowest BCUT2D eigenvalue weighted by Crippen LogP contribution is -2.35. The standard InChI is InChI=1S/C12H19N3O8S2/c13-2-6(25(20,21)22)1-5-3-15(12(24)14-10(5)19)11-9(18)8(17)7(4-16)23-11/h3,6-9,11,16-18H,1-2,4,13H2,(H,14,19,24)(H,20,21,22)/t6?,7-,8-,9-,11-/m1/s1. The molecule has 0 saturated carbocycles. The van der Waals surface area contributed by atoms with Gasteiger partial charge in [0.1, 0.15) is 23.6 Å². The Morgan fingerprint density at radius 2 is 2.04 bits per heavy atom. The molecule has 11 nitrogen and oxygen atoms in total. The highest BCUT2D eigenvalue weighted by Crippen LogP contribution is 2.29. The normalized spacial score (nSPS) is 28.2. The van der Waals surface area contributed by atoms with E-state index in [-0.39, 0.29) is 10.3 Å². The molecular weight excluding hydrogens is 378 g/mol. The van der Waals surface area contributed by atoms with E-state index in [9.17, 15) is 23.4 Å². The first-order valence-corrected chi connectivity index (χ1v) is 9.14. The van der Waals surface area contributed by atoms with Crippen LogP contribution in [0.4, 0.5) is 0 Å². The number of aromatic nitrogens is 2. The maximum Gasteiger partial charge on any atom is 0.269 e. The van der Waals surface area contributed by atoms with Crippen LogP contribution in [0.2, 0.25) is 0 Å². The Hall–Kier alpha value is -1.19. The number of hydrogen-bond donors (Lipinski definition) is 6. The summed E-state index contributed by atoms with van der Waals surface area (Å²) in [6.45, 7) is -0.960. The third-order valence-corrected chi connectivity index (χ3v) is 5.48. The van der Waals surface area contributed by atoms with Crippen LogP contribution in [0.1, 0.15) is 11.8 Å². The average molecular weight is 397 g/mol. The molecule has 0 amide bonds. The monoisotopic (exact) mass is 397 g/mol. The van der Waals surface area contributed by atoms with Gasteiger partial charge in [-0.3, -0.25) is 18.9 Å². The van der Waals surface area contributed by atoms with Crippen molar-refractivity contribution in [2.75, 3.05) is 13.2 Å². The van der Waals surface area contributed by atoms with Crippen LogP contribution < -0.4 is 11.3 Å². The summed E-state index contributed by atoms with van der Waals surface area (Å²) < 4.78 is 38.0. The molecule has 0 bridgehead atoms. The predicted octanol–water partition coefficient (Wildman–Crippen LogP) is -2.73. The smallest absolute Gasteiger partial charge is 0.269 e. The van der Waals surface area contributed by atoms with E-state index in [0.717, 1.165) is 10.8 Å². The highest BCUT2D eigenvalue weighted by Gasteiger charge is 2.43. The van der Waals surface area contributed by atoms with Gasteiger partial charge < -0.3 is 25.8 Å². The second-order valence-corrected chi connectivity index (χ2v) is 7.71. The van der Waals surface area contributed by atoms with Crippen molar-refractivity contribution in [1.82, 2.24) is 9.55 Å². The number of ether oxygens (including phenoxy) is 1. The SMILES string of the molecule is NCC(Cc1cn([C@@H]2O[C@H](CO)[C@@H](O)[C@H]2O)c(=S)[nH]c1=O)S(=O)(=O)O. The molecule has 0 spiro atoms. The van der Waals surface area contributed by atoms with Crippen molar-refractivity contribution in [2.24, 2.45) is 5.73 Å². The highest BCUT2D eigenvalue weighted by molar-refractivity contribution is 7.86. The molecule has 0 aliphatic carbocycles. The molecule has 0 aromatic carbocycles. The van der Waals surface area contributed by atoms with Crippen LogP contribution in [0.3, 0.4) is 0 Å². The number of nitrogens with two attached hydrogens (primary N) is 1. The molecular formula is C12H19N3O8S2. The molecule has 0 radical (unpaired) electrons. The van der Waals surface area contributed by atoms with Gasteiger partial charge in [0.15, 0.2) is 11.0 Å². The third kappa shape index (κ3) is 4.15. The van der Waals surface area contributed by atoms with Gasteiger partial charge in [0.2, 0.25) is 0 Å². The van der Waals surface area contributed by atoms with Crippen LogP contribution in [0, 0.1) is 4.77 Å². The summed E-state index contributed by atoms with van der Waals surface area (Å²) in [7, 11) is -4.47. The van der Waals surface area contributed by atoms with Crippen molar-refractivity contribution >= 4 is 22.3 Å². The lowest BCUT2D eigenvalue weighted by Gasteiger charge is -2.20. The maximum atomic E-state index is 12.0. The fraction of sp³-hybridized carbons (Fsp3) is 0.667. The van der Waals surface area contributed by atoms with Crippen LogP contribution in [-0.2, 0) is 21.3 Å². The summed E-state index contributed by atoms with van der Waals surface area (Å²) in [4.78, 5) is 14.3.